The maximum atomic E-state index is 11.7. The van der Waals surface area contributed by atoms with Crippen molar-refractivity contribution in [2.24, 2.45) is 0 Å². The van der Waals surface area contributed by atoms with Crippen molar-refractivity contribution in [2.75, 3.05) is 6.61 Å². The molecule has 0 atom stereocenters. The van der Waals surface area contributed by atoms with E-state index in [1.807, 2.05) is 24.4 Å². The fourth-order valence-corrected chi connectivity index (χ4v) is 1.96. The quantitative estimate of drug-likeness (QED) is 0.684. The summed E-state index contributed by atoms with van der Waals surface area (Å²) in [6.07, 6.45) is 3.53. The van der Waals surface area contributed by atoms with E-state index in [-0.39, 0.29) is 5.69 Å². The number of carbonyl (C=O) groups excluding carboxylic acids is 1. The van der Waals surface area contributed by atoms with Crippen LogP contribution in [0.4, 0.5) is 0 Å². The number of ether oxygens (including phenoxy) is 1. The Balaban J connectivity index is 2.01. The lowest BCUT2D eigenvalue weighted by Crippen LogP contribution is -2.06. The zero-order valence-electron chi connectivity index (χ0n) is 11.2. The lowest BCUT2D eigenvalue weighted by Gasteiger charge is -1.97. The summed E-state index contributed by atoms with van der Waals surface area (Å²) in [5, 5.41) is 4.12. The number of aromatic nitrogens is 3. The van der Waals surface area contributed by atoms with Crippen molar-refractivity contribution >= 4 is 11.5 Å². The molecule has 0 N–H and O–H groups in total. The van der Waals surface area contributed by atoms with Gasteiger partial charge in [0.05, 0.1) is 12.1 Å². The highest BCUT2D eigenvalue weighted by atomic mass is 16.5. The summed E-state index contributed by atoms with van der Waals surface area (Å²) in [4.78, 5) is 15.9. The van der Waals surface area contributed by atoms with Gasteiger partial charge in [-0.2, -0.15) is 5.10 Å². The molecule has 0 spiro atoms. The molecule has 0 unspecified atom stereocenters. The number of fused-ring (bicyclic) bond motifs is 1. The molecule has 0 aliphatic carbocycles. The first kappa shape index (κ1) is 12.4. The molecule has 0 saturated heterocycles. The Morgan fingerprint density at radius 1 is 1.45 bits per heavy atom. The zero-order valence-corrected chi connectivity index (χ0v) is 11.2. The summed E-state index contributed by atoms with van der Waals surface area (Å²) in [6, 6.07) is 5.61. The molecule has 0 bridgehead atoms. The van der Waals surface area contributed by atoms with E-state index in [4.69, 9.17) is 9.15 Å². The van der Waals surface area contributed by atoms with Crippen LogP contribution in [0.3, 0.4) is 0 Å². The Hall–Kier alpha value is -2.63. The SMILES string of the molecule is CCOC(=O)c1nc(-c2ccn3nccc3c2)oc1C. The Kier molecular flexibility index (Phi) is 2.98. The highest BCUT2D eigenvalue weighted by molar-refractivity contribution is 5.88. The molecule has 6 heteroatoms. The van der Waals surface area contributed by atoms with E-state index >= 15 is 0 Å². The summed E-state index contributed by atoms with van der Waals surface area (Å²) in [5.74, 6) is 0.381. The number of esters is 1. The maximum Gasteiger partial charge on any atom is 0.360 e. The summed E-state index contributed by atoms with van der Waals surface area (Å²) < 4.78 is 12.2. The summed E-state index contributed by atoms with van der Waals surface area (Å²) in [7, 11) is 0. The van der Waals surface area contributed by atoms with Crippen molar-refractivity contribution < 1.29 is 13.9 Å². The molecule has 3 aromatic rings. The van der Waals surface area contributed by atoms with Crippen LogP contribution >= 0.6 is 0 Å². The number of oxazole rings is 1. The molecule has 3 rings (SSSR count). The zero-order chi connectivity index (χ0) is 14.1. The second-order valence-corrected chi connectivity index (χ2v) is 4.26. The number of carbonyl (C=O) groups is 1. The van der Waals surface area contributed by atoms with Crippen molar-refractivity contribution in [3.63, 3.8) is 0 Å². The first-order valence-electron chi connectivity index (χ1n) is 6.27. The van der Waals surface area contributed by atoms with E-state index in [0.717, 1.165) is 11.1 Å². The van der Waals surface area contributed by atoms with Gasteiger partial charge in [0, 0.05) is 18.0 Å². The highest BCUT2D eigenvalue weighted by Crippen LogP contribution is 2.23. The van der Waals surface area contributed by atoms with E-state index in [1.165, 1.54) is 0 Å². The lowest BCUT2D eigenvalue weighted by molar-refractivity contribution is 0.0518. The van der Waals surface area contributed by atoms with Crippen LogP contribution in [-0.4, -0.2) is 27.2 Å². The van der Waals surface area contributed by atoms with Crippen molar-refractivity contribution in [3.8, 4) is 11.5 Å². The molecule has 0 aromatic carbocycles. The predicted octanol–water partition coefficient (Wildman–Crippen LogP) is 2.47. The summed E-state index contributed by atoms with van der Waals surface area (Å²) in [5.41, 5.74) is 1.93. The average molecular weight is 271 g/mol. The molecule has 102 valence electrons. The van der Waals surface area contributed by atoms with Crippen LogP contribution in [0, 0.1) is 6.92 Å². The van der Waals surface area contributed by atoms with E-state index in [0.29, 0.717) is 18.3 Å². The first-order chi connectivity index (χ1) is 9.69. The molecule has 3 heterocycles. The van der Waals surface area contributed by atoms with E-state index in [2.05, 4.69) is 10.1 Å². The van der Waals surface area contributed by atoms with Gasteiger partial charge in [-0.05, 0) is 32.0 Å². The number of nitrogens with zero attached hydrogens (tertiary/aromatic N) is 3. The Morgan fingerprint density at radius 2 is 2.30 bits per heavy atom. The van der Waals surface area contributed by atoms with Crippen molar-refractivity contribution in [1.82, 2.24) is 14.6 Å². The normalized spacial score (nSPS) is 10.9. The van der Waals surface area contributed by atoms with E-state index in [1.54, 1.807) is 24.6 Å². The Bertz CT molecular complexity index is 773. The summed E-state index contributed by atoms with van der Waals surface area (Å²) in [6.45, 7) is 3.75. The van der Waals surface area contributed by atoms with Gasteiger partial charge in [-0.25, -0.2) is 14.3 Å². The number of hydrogen-bond acceptors (Lipinski definition) is 5. The molecule has 0 fully saturated rings. The van der Waals surface area contributed by atoms with Crippen LogP contribution in [0.5, 0.6) is 0 Å². The molecule has 6 nitrogen and oxygen atoms in total. The average Bonchev–Trinajstić information content (AvgIpc) is 3.04. The Labute approximate surface area is 115 Å². The van der Waals surface area contributed by atoms with Gasteiger partial charge < -0.3 is 9.15 Å². The van der Waals surface area contributed by atoms with Crippen molar-refractivity contribution in [1.29, 1.82) is 0 Å². The van der Waals surface area contributed by atoms with Crippen LogP contribution in [-0.2, 0) is 4.74 Å². The maximum absolute atomic E-state index is 11.7. The molecule has 3 aromatic heterocycles. The van der Waals surface area contributed by atoms with Crippen LogP contribution in [0.2, 0.25) is 0 Å². The highest BCUT2D eigenvalue weighted by Gasteiger charge is 2.19. The van der Waals surface area contributed by atoms with Crippen LogP contribution in [0.15, 0.2) is 35.0 Å². The van der Waals surface area contributed by atoms with Gasteiger partial charge in [-0.3, -0.25) is 0 Å². The third kappa shape index (κ3) is 2.05. The Morgan fingerprint density at radius 3 is 3.10 bits per heavy atom. The standard InChI is InChI=1S/C14H13N3O3/c1-3-19-14(18)12-9(2)20-13(16-12)10-5-7-17-11(8-10)4-6-15-17/h4-8H,3H2,1-2H3. The third-order valence-electron chi connectivity index (χ3n) is 2.91. The first-order valence-corrected chi connectivity index (χ1v) is 6.27. The van der Waals surface area contributed by atoms with Gasteiger partial charge >= 0.3 is 5.97 Å². The number of pyridine rings is 1. The minimum absolute atomic E-state index is 0.218. The summed E-state index contributed by atoms with van der Waals surface area (Å²) >= 11 is 0. The van der Waals surface area contributed by atoms with Crippen molar-refractivity contribution in [2.45, 2.75) is 13.8 Å². The smallest absolute Gasteiger partial charge is 0.360 e. The van der Waals surface area contributed by atoms with Gasteiger partial charge in [-0.1, -0.05) is 0 Å². The number of aryl methyl sites for hydroxylation is 1. The van der Waals surface area contributed by atoms with Gasteiger partial charge in [0.25, 0.3) is 0 Å². The molecule has 0 radical (unpaired) electrons. The molecular weight excluding hydrogens is 258 g/mol. The monoisotopic (exact) mass is 271 g/mol. The van der Waals surface area contributed by atoms with Crippen LogP contribution in [0.25, 0.3) is 17.0 Å². The molecule has 20 heavy (non-hydrogen) atoms. The molecule has 0 aliphatic rings. The second kappa shape index (κ2) is 4.80. The van der Waals surface area contributed by atoms with Gasteiger partial charge in [-0.15, -0.1) is 0 Å². The van der Waals surface area contributed by atoms with Gasteiger partial charge in [0.15, 0.2) is 5.69 Å². The van der Waals surface area contributed by atoms with Crippen LogP contribution < -0.4 is 0 Å². The minimum atomic E-state index is -0.467. The van der Waals surface area contributed by atoms with E-state index < -0.39 is 5.97 Å². The van der Waals surface area contributed by atoms with Gasteiger partial charge in [0.1, 0.15) is 5.76 Å². The molecule has 0 saturated carbocycles. The number of rotatable bonds is 3. The topological polar surface area (TPSA) is 69.6 Å². The fraction of sp³-hybridized carbons (Fsp3) is 0.214. The third-order valence-corrected chi connectivity index (χ3v) is 2.91. The molecule has 0 amide bonds. The largest absolute Gasteiger partial charge is 0.461 e. The molecule has 0 aliphatic heterocycles. The van der Waals surface area contributed by atoms with Crippen LogP contribution in [0.1, 0.15) is 23.2 Å². The predicted molar refractivity (Wildman–Crippen MR) is 71.4 cm³/mol. The number of hydrogen-bond donors (Lipinski definition) is 0. The van der Waals surface area contributed by atoms with Crippen molar-refractivity contribution in [3.05, 3.63) is 42.0 Å². The fourth-order valence-electron chi connectivity index (χ4n) is 1.96. The minimum Gasteiger partial charge on any atom is -0.461 e. The van der Waals surface area contributed by atoms with E-state index in [9.17, 15) is 4.79 Å². The lowest BCUT2D eigenvalue weighted by atomic mass is 10.2. The second-order valence-electron chi connectivity index (χ2n) is 4.26. The van der Waals surface area contributed by atoms with Gasteiger partial charge in [0.2, 0.25) is 5.89 Å². The molecular formula is C14H13N3O3.